The molecular weight excluding hydrogens is 254 g/mol. The fraction of sp³-hybridized carbons (Fsp3) is 0.133. The molecule has 0 aliphatic heterocycles. The van der Waals surface area contributed by atoms with Gasteiger partial charge in [-0.05, 0) is 31.2 Å². The summed E-state index contributed by atoms with van der Waals surface area (Å²) in [5, 5.41) is 4.02. The number of nitrogens with zero attached hydrogens (tertiary/aromatic N) is 2. The highest BCUT2D eigenvalue weighted by Crippen LogP contribution is 2.07. The highest BCUT2D eigenvalue weighted by Gasteiger charge is 2.02. The summed E-state index contributed by atoms with van der Waals surface area (Å²) in [6.45, 7) is 1.74. The third-order valence-electron chi connectivity index (χ3n) is 2.56. The fourth-order valence-electron chi connectivity index (χ4n) is 1.50. The molecule has 5 nitrogen and oxygen atoms in total. The van der Waals surface area contributed by atoms with E-state index in [4.69, 9.17) is 4.74 Å². The number of hydrogen-bond acceptors (Lipinski definition) is 4. The Bertz CT molecular complexity index is 583. The molecule has 2 rings (SSSR count). The fourth-order valence-corrected chi connectivity index (χ4v) is 1.50. The molecule has 0 saturated carbocycles. The van der Waals surface area contributed by atoms with E-state index < -0.39 is 0 Å². The van der Waals surface area contributed by atoms with E-state index in [2.05, 4.69) is 15.5 Å². The van der Waals surface area contributed by atoms with Crippen molar-refractivity contribution in [1.29, 1.82) is 0 Å². The molecule has 0 spiro atoms. The third kappa shape index (κ3) is 4.20. The molecular formula is C15H15N3O2. The second kappa shape index (κ2) is 7.04. The minimum Gasteiger partial charge on any atom is -0.484 e. The molecule has 1 aromatic heterocycles. The van der Waals surface area contributed by atoms with Crippen molar-refractivity contribution in [2.75, 3.05) is 6.61 Å². The molecule has 0 saturated heterocycles. The van der Waals surface area contributed by atoms with E-state index in [0.717, 1.165) is 5.56 Å². The Kier molecular flexibility index (Phi) is 4.83. The van der Waals surface area contributed by atoms with Crippen molar-refractivity contribution in [1.82, 2.24) is 10.4 Å². The summed E-state index contributed by atoms with van der Waals surface area (Å²) >= 11 is 0. The van der Waals surface area contributed by atoms with Crippen LogP contribution in [0.2, 0.25) is 0 Å². The van der Waals surface area contributed by atoms with Crippen LogP contribution in [0.1, 0.15) is 12.5 Å². The van der Waals surface area contributed by atoms with Gasteiger partial charge in [-0.1, -0.05) is 18.2 Å². The molecule has 1 N–H and O–H groups in total. The van der Waals surface area contributed by atoms with Gasteiger partial charge in [0.2, 0.25) is 0 Å². The summed E-state index contributed by atoms with van der Waals surface area (Å²) in [5.41, 5.74) is 4.07. The van der Waals surface area contributed by atoms with E-state index in [1.807, 2.05) is 37.3 Å². The Hall–Kier alpha value is -2.69. The minimum atomic E-state index is -0.303. The number of aromatic nitrogens is 1. The van der Waals surface area contributed by atoms with Crippen molar-refractivity contribution in [3.63, 3.8) is 0 Å². The standard InChI is InChI=1S/C15H15N3O2/c1-12(13-7-9-16-10-8-13)17-18-15(19)11-20-14-5-3-2-4-6-14/h2-10H,11H2,1H3,(H,18,19). The monoisotopic (exact) mass is 269 g/mol. The van der Waals surface area contributed by atoms with Crippen molar-refractivity contribution in [3.8, 4) is 5.75 Å². The topological polar surface area (TPSA) is 63.6 Å². The second-order valence-electron chi connectivity index (χ2n) is 4.07. The van der Waals surface area contributed by atoms with Crippen molar-refractivity contribution >= 4 is 11.6 Å². The third-order valence-corrected chi connectivity index (χ3v) is 2.56. The van der Waals surface area contributed by atoms with E-state index in [1.54, 1.807) is 24.5 Å². The molecule has 2 aromatic rings. The Labute approximate surface area is 117 Å². The molecule has 0 bridgehead atoms. The van der Waals surface area contributed by atoms with Gasteiger partial charge in [0.1, 0.15) is 5.75 Å². The van der Waals surface area contributed by atoms with Crippen LogP contribution in [0.3, 0.4) is 0 Å². The molecule has 1 aromatic carbocycles. The van der Waals surface area contributed by atoms with E-state index in [1.165, 1.54) is 0 Å². The summed E-state index contributed by atoms with van der Waals surface area (Å²) < 4.78 is 5.31. The predicted octanol–water partition coefficient (Wildman–Crippen LogP) is 2.00. The van der Waals surface area contributed by atoms with Crippen LogP contribution in [0.5, 0.6) is 5.75 Å². The molecule has 0 radical (unpaired) electrons. The quantitative estimate of drug-likeness (QED) is 0.667. The number of benzene rings is 1. The van der Waals surface area contributed by atoms with E-state index in [0.29, 0.717) is 11.5 Å². The summed E-state index contributed by atoms with van der Waals surface area (Å²) in [4.78, 5) is 15.5. The zero-order chi connectivity index (χ0) is 14.2. The molecule has 0 fully saturated rings. The number of hydrogen-bond donors (Lipinski definition) is 1. The first-order valence-electron chi connectivity index (χ1n) is 6.17. The lowest BCUT2D eigenvalue weighted by atomic mass is 10.2. The van der Waals surface area contributed by atoms with Gasteiger partial charge in [0.15, 0.2) is 6.61 Å². The van der Waals surface area contributed by atoms with Crippen molar-refractivity contribution < 1.29 is 9.53 Å². The summed E-state index contributed by atoms with van der Waals surface area (Å²) in [6.07, 6.45) is 3.35. The minimum absolute atomic E-state index is 0.0723. The van der Waals surface area contributed by atoms with Crippen molar-refractivity contribution in [3.05, 3.63) is 60.4 Å². The van der Waals surface area contributed by atoms with Gasteiger partial charge in [-0.15, -0.1) is 0 Å². The lowest BCUT2D eigenvalue weighted by molar-refractivity contribution is -0.123. The van der Waals surface area contributed by atoms with Crippen LogP contribution in [-0.4, -0.2) is 23.2 Å². The van der Waals surface area contributed by atoms with Crippen LogP contribution >= 0.6 is 0 Å². The van der Waals surface area contributed by atoms with Crippen molar-refractivity contribution in [2.24, 2.45) is 5.10 Å². The van der Waals surface area contributed by atoms with Crippen LogP contribution in [0.25, 0.3) is 0 Å². The number of hydrazone groups is 1. The number of nitrogens with one attached hydrogen (secondary N) is 1. The Balaban J connectivity index is 1.83. The number of amides is 1. The Morgan fingerprint density at radius 3 is 2.60 bits per heavy atom. The van der Waals surface area contributed by atoms with Gasteiger partial charge < -0.3 is 4.74 Å². The first-order chi connectivity index (χ1) is 9.75. The summed E-state index contributed by atoms with van der Waals surface area (Å²) in [7, 11) is 0. The smallest absolute Gasteiger partial charge is 0.277 e. The number of carbonyl (C=O) groups excluding carboxylic acids is 1. The predicted molar refractivity (Wildman–Crippen MR) is 76.5 cm³/mol. The molecule has 102 valence electrons. The lowest BCUT2D eigenvalue weighted by Gasteiger charge is -2.05. The Morgan fingerprint density at radius 2 is 1.90 bits per heavy atom. The lowest BCUT2D eigenvalue weighted by Crippen LogP contribution is -2.25. The summed E-state index contributed by atoms with van der Waals surface area (Å²) in [6, 6.07) is 12.8. The largest absolute Gasteiger partial charge is 0.484 e. The molecule has 0 aliphatic rings. The number of pyridine rings is 1. The molecule has 0 aliphatic carbocycles. The maximum absolute atomic E-state index is 11.6. The highest BCUT2D eigenvalue weighted by atomic mass is 16.5. The van der Waals surface area contributed by atoms with Crippen LogP contribution < -0.4 is 10.2 Å². The van der Waals surface area contributed by atoms with Crippen LogP contribution in [-0.2, 0) is 4.79 Å². The van der Waals surface area contributed by atoms with Crippen LogP contribution in [0, 0.1) is 0 Å². The van der Waals surface area contributed by atoms with Crippen LogP contribution in [0.4, 0.5) is 0 Å². The molecule has 20 heavy (non-hydrogen) atoms. The maximum Gasteiger partial charge on any atom is 0.277 e. The first kappa shape index (κ1) is 13.7. The van der Waals surface area contributed by atoms with Gasteiger partial charge in [0.05, 0.1) is 5.71 Å². The van der Waals surface area contributed by atoms with Gasteiger partial charge in [-0.25, -0.2) is 5.43 Å². The molecule has 1 heterocycles. The second-order valence-corrected chi connectivity index (χ2v) is 4.07. The zero-order valence-corrected chi connectivity index (χ0v) is 11.1. The van der Waals surface area contributed by atoms with Crippen LogP contribution in [0.15, 0.2) is 60.0 Å². The SMILES string of the molecule is CC(=NNC(=O)COc1ccccc1)c1ccncc1. The van der Waals surface area contributed by atoms with E-state index in [-0.39, 0.29) is 12.5 Å². The average molecular weight is 269 g/mol. The van der Waals surface area contributed by atoms with Gasteiger partial charge in [-0.2, -0.15) is 5.10 Å². The number of para-hydroxylation sites is 1. The van der Waals surface area contributed by atoms with Gasteiger partial charge in [0, 0.05) is 18.0 Å². The van der Waals surface area contributed by atoms with Gasteiger partial charge in [0.25, 0.3) is 5.91 Å². The average Bonchev–Trinajstić information content (AvgIpc) is 2.52. The normalized spacial score (nSPS) is 10.9. The van der Waals surface area contributed by atoms with E-state index >= 15 is 0 Å². The Morgan fingerprint density at radius 1 is 1.20 bits per heavy atom. The molecule has 0 unspecified atom stereocenters. The number of rotatable bonds is 5. The number of ether oxygens (including phenoxy) is 1. The zero-order valence-electron chi connectivity index (χ0n) is 11.1. The van der Waals surface area contributed by atoms with Crippen molar-refractivity contribution in [2.45, 2.75) is 6.92 Å². The van der Waals surface area contributed by atoms with Gasteiger partial charge in [-0.3, -0.25) is 9.78 Å². The van der Waals surface area contributed by atoms with Gasteiger partial charge >= 0.3 is 0 Å². The molecule has 0 atom stereocenters. The highest BCUT2D eigenvalue weighted by molar-refractivity contribution is 5.99. The number of carbonyl (C=O) groups is 1. The molecule has 5 heteroatoms. The molecule has 1 amide bonds. The van der Waals surface area contributed by atoms with E-state index in [9.17, 15) is 4.79 Å². The first-order valence-corrected chi connectivity index (χ1v) is 6.17. The maximum atomic E-state index is 11.6. The summed E-state index contributed by atoms with van der Waals surface area (Å²) in [5.74, 6) is 0.347.